The molecule has 3 N–H and O–H groups in total. The number of hydrogen-bond donors (Lipinski definition) is 2. The summed E-state index contributed by atoms with van der Waals surface area (Å²) in [5, 5.41) is 3.32. The summed E-state index contributed by atoms with van der Waals surface area (Å²) in [7, 11) is 0. The monoisotopic (exact) mass is 238 g/mol. The van der Waals surface area contributed by atoms with E-state index in [-0.39, 0.29) is 5.91 Å². The molecule has 0 radical (unpaired) electrons. The maximum Gasteiger partial charge on any atom is 0.217 e. The zero-order valence-corrected chi connectivity index (χ0v) is 10.5. The molecule has 17 heavy (non-hydrogen) atoms. The van der Waals surface area contributed by atoms with Crippen molar-refractivity contribution >= 4 is 5.91 Å². The Bertz CT molecular complexity index is 335. The van der Waals surface area contributed by atoms with E-state index in [1.165, 1.54) is 0 Å². The second-order valence-corrected chi connectivity index (χ2v) is 4.14. The molecule has 0 aliphatic carbocycles. The van der Waals surface area contributed by atoms with Gasteiger partial charge in [0.05, 0.1) is 6.54 Å². The average Bonchev–Trinajstić information content (AvgIpc) is 2.71. The molecule has 1 heterocycles. The summed E-state index contributed by atoms with van der Waals surface area (Å²) in [6, 6.07) is 0. The number of imidazole rings is 1. The van der Waals surface area contributed by atoms with Crippen LogP contribution in [0.15, 0.2) is 12.4 Å². The van der Waals surface area contributed by atoms with Crippen LogP contribution in [0.25, 0.3) is 0 Å². The van der Waals surface area contributed by atoms with E-state index < -0.39 is 0 Å². The molecule has 1 amide bonds. The normalized spacial score (nSPS) is 10.6. The van der Waals surface area contributed by atoms with Gasteiger partial charge in [-0.25, -0.2) is 4.98 Å². The van der Waals surface area contributed by atoms with Crippen molar-refractivity contribution in [3.63, 3.8) is 0 Å². The predicted molar refractivity (Wildman–Crippen MR) is 67.3 cm³/mol. The number of carbonyl (C=O) groups excluding carboxylic acids is 1. The predicted octanol–water partition coefficient (Wildman–Crippen LogP) is 1.04. The third-order valence-corrected chi connectivity index (χ3v) is 2.58. The summed E-state index contributed by atoms with van der Waals surface area (Å²) in [6.07, 6.45) is 7.25. The molecule has 0 unspecified atom stereocenters. The largest absolute Gasteiger partial charge is 0.370 e. The topological polar surface area (TPSA) is 72.9 Å². The van der Waals surface area contributed by atoms with Crippen molar-refractivity contribution in [1.82, 2.24) is 14.9 Å². The van der Waals surface area contributed by atoms with Crippen LogP contribution in [-0.2, 0) is 17.9 Å². The molecule has 96 valence electrons. The van der Waals surface area contributed by atoms with Crippen molar-refractivity contribution in [3.8, 4) is 0 Å². The number of nitrogens with one attached hydrogen (secondary N) is 1. The quantitative estimate of drug-likeness (QED) is 0.631. The molecule has 0 fully saturated rings. The first-order valence-electron chi connectivity index (χ1n) is 6.23. The molecule has 0 atom stereocenters. The van der Waals surface area contributed by atoms with Gasteiger partial charge in [0.1, 0.15) is 5.82 Å². The number of primary amides is 1. The van der Waals surface area contributed by atoms with E-state index in [1.807, 2.05) is 12.4 Å². The lowest BCUT2D eigenvalue weighted by atomic mass is 10.2. The maximum absolute atomic E-state index is 10.5. The molecular formula is C12H22N4O. The fourth-order valence-electron chi connectivity index (χ4n) is 1.70. The molecular weight excluding hydrogens is 216 g/mol. The molecule has 0 bridgehead atoms. The third kappa shape index (κ3) is 5.49. The Labute approximate surface area is 102 Å². The van der Waals surface area contributed by atoms with Gasteiger partial charge in [-0.1, -0.05) is 6.92 Å². The Morgan fingerprint density at radius 1 is 1.53 bits per heavy atom. The molecule has 1 rings (SSSR count). The van der Waals surface area contributed by atoms with Gasteiger partial charge in [0.25, 0.3) is 0 Å². The fraction of sp³-hybridized carbons (Fsp3) is 0.667. The molecule has 1 aromatic heterocycles. The minimum atomic E-state index is -0.219. The van der Waals surface area contributed by atoms with E-state index >= 15 is 0 Å². The Kier molecular flexibility index (Phi) is 6.32. The van der Waals surface area contributed by atoms with Crippen LogP contribution in [0.2, 0.25) is 0 Å². The van der Waals surface area contributed by atoms with E-state index in [0.717, 1.165) is 44.7 Å². The van der Waals surface area contributed by atoms with Crippen LogP contribution in [0.4, 0.5) is 0 Å². The number of hydrogen-bond acceptors (Lipinski definition) is 3. The van der Waals surface area contributed by atoms with Crippen molar-refractivity contribution in [2.45, 2.75) is 45.7 Å². The first-order valence-corrected chi connectivity index (χ1v) is 6.23. The molecule has 0 spiro atoms. The molecule has 5 nitrogen and oxygen atoms in total. The lowest BCUT2D eigenvalue weighted by molar-refractivity contribution is -0.118. The van der Waals surface area contributed by atoms with Crippen LogP contribution in [0, 0.1) is 0 Å². The summed E-state index contributed by atoms with van der Waals surface area (Å²) >= 11 is 0. The van der Waals surface area contributed by atoms with Gasteiger partial charge in [-0.05, 0) is 25.8 Å². The second kappa shape index (κ2) is 7.84. The Balaban J connectivity index is 2.13. The number of carbonyl (C=O) groups is 1. The van der Waals surface area contributed by atoms with Crippen LogP contribution < -0.4 is 11.1 Å². The molecule has 0 aromatic carbocycles. The summed E-state index contributed by atoms with van der Waals surface area (Å²) in [5.41, 5.74) is 5.06. The zero-order chi connectivity index (χ0) is 12.5. The lowest BCUT2D eigenvalue weighted by Crippen LogP contribution is -2.19. The third-order valence-electron chi connectivity index (χ3n) is 2.58. The summed E-state index contributed by atoms with van der Waals surface area (Å²) in [5.74, 6) is 0.852. The number of aromatic nitrogens is 2. The first-order chi connectivity index (χ1) is 8.24. The summed E-state index contributed by atoms with van der Waals surface area (Å²) < 4.78 is 2.16. The Hall–Kier alpha value is -1.36. The van der Waals surface area contributed by atoms with Crippen molar-refractivity contribution < 1.29 is 4.79 Å². The van der Waals surface area contributed by atoms with Crippen LogP contribution in [-0.4, -0.2) is 22.0 Å². The number of unbranched alkanes of at least 4 members (excludes halogenated alkanes) is 1. The number of amides is 1. The second-order valence-electron chi connectivity index (χ2n) is 4.14. The van der Waals surface area contributed by atoms with E-state index in [0.29, 0.717) is 6.42 Å². The smallest absolute Gasteiger partial charge is 0.217 e. The minimum absolute atomic E-state index is 0.219. The van der Waals surface area contributed by atoms with Crippen molar-refractivity contribution in [3.05, 3.63) is 18.2 Å². The van der Waals surface area contributed by atoms with E-state index in [9.17, 15) is 4.79 Å². The highest BCUT2D eigenvalue weighted by Gasteiger charge is 2.01. The molecule has 0 aliphatic rings. The van der Waals surface area contributed by atoms with Gasteiger partial charge in [-0.15, -0.1) is 0 Å². The standard InChI is InChI=1S/C12H22N4O/c1-2-8-16-9-7-15-12(16)10-14-6-4-3-5-11(13)17/h7,9,14H,2-6,8,10H2,1H3,(H2,13,17). The molecule has 1 aromatic rings. The number of aryl methyl sites for hydroxylation is 1. The molecule has 0 saturated carbocycles. The van der Waals surface area contributed by atoms with Gasteiger partial charge in [0, 0.05) is 25.4 Å². The minimum Gasteiger partial charge on any atom is -0.370 e. The SMILES string of the molecule is CCCn1ccnc1CNCCCCC(N)=O. The van der Waals surface area contributed by atoms with Gasteiger partial charge in [-0.3, -0.25) is 4.79 Å². The van der Waals surface area contributed by atoms with Crippen LogP contribution in [0.3, 0.4) is 0 Å². The number of nitrogens with zero attached hydrogens (tertiary/aromatic N) is 2. The zero-order valence-electron chi connectivity index (χ0n) is 10.5. The summed E-state index contributed by atoms with van der Waals surface area (Å²) in [6.45, 7) is 4.84. The fourth-order valence-corrected chi connectivity index (χ4v) is 1.70. The van der Waals surface area contributed by atoms with Crippen molar-refractivity contribution in [2.24, 2.45) is 5.73 Å². The first kappa shape index (κ1) is 13.7. The van der Waals surface area contributed by atoms with Gasteiger partial charge in [0.2, 0.25) is 5.91 Å². The number of nitrogens with two attached hydrogens (primary N) is 1. The Morgan fingerprint density at radius 3 is 3.06 bits per heavy atom. The van der Waals surface area contributed by atoms with E-state index in [4.69, 9.17) is 5.73 Å². The maximum atomic E-state index is 10.5. The highest BCUT2D eigenvalue weighted by molar-refractivity contribution is 5.73. The van der Waals surface area contributed by atoms with Crippen molar-refractivity contribution in [1.29, 1.82) is 0 Å². The van der Waals surface area contributed by atoms with E-state index in [2.05, 4.69) is 21.8 Å². The van der Waals surface area contributed by atoms with E-state index in [1.54, 1.807) is 0 Å². The summed E-state index contributed by atoms with van der Waals surface area (Å²) in [4.78, 5) is 14.8. The van der Waals surface area contributed by atoms with Gasteiger partial charge in [-0.2, -0.15) is 0 Å². The van der Waals surface area contributed by atoms with Crippen LogP contribution in [0.5, 0.6) is 0 Å². The number of rotatable bonds is 9. The molecule has 0 saturated heterocycles. The highest BCUT2D eigenvalue weighted by Crippen LogP contribution is 1.99. The Morgan fingerprint density at radius 2 is 2.35 bits per heavy atom. The van der Waals surface area contributed by atoms with Crippen LogP contribution >= 0.6 is 0 Å². The highest BCUT2D eigenvalue weighted by atomic mass is 16.1. The van der Waals surface area contributed by atoms with Crippen LogP contribution in [0.1, 0.15) is 38.4 Å². The van der Waals surface area contributed by atoms with Gasteiger partial charge >= 0.3 is 0 Å². The average molecular weight is 238 g/mol. The molecule has 0 aliphatic heterocycles. The van der Waals surface area contributed by atoms with Crippen molar-refractivity contribution in [2.75, 3.05) is 6.54 Å². The molecule has 5 heteroatoms. The van der Waals surface area contributed by atoms with Gasteiger partial charge < -0.3 is 15.6 Å². The van der Waals surface area contributed by atoms with Gasteiger partial charge in [0.15, 0.2) is 0 Å². The lowest BCUT2D eigenvalue weighted by Gasteiger charge is -2.07.